The number of carbonyl (C=O) groups is 2. The Balaban J connectivity index is 3.50. The monoisotopic (exact) mass is 206 g/mol. The van der Waals surface area contributed by atoms with E-state index in [4.69, 9.17) is 0 Å². The van der Waals surface area contributed by atoms with Crippen molar-refractivity contribution in [2.24, 2.45) is 0 Å². The Labute approximate surface area is 88.7 Å². The molecule has 0 atom stereocenters. The van der Waals surface area contributed by atoms with Crippen LogP contribution in [0, 0.1) is 0 Å². The first kappa shape index (κ1) is 11.4. The van der Waals surface area contributed by atoms with Gasteiger partial charge in [-0.05, 0) is 17.5 Å². The van der Waals surface area contributed by atoms with Crippen LogP contribution in [0.4, 0.5) is 0 Å². The molecule has 0 aromatic heterocycles. The first-order valence-corrected chi connectivity index (χ1v) is 4.68. The van der Waals surface area contributed by atoms with Gasteiger partial charge in [-0.1, -0.05) is 20.8 Å². The fourth-order valence-corrected chi connectivity index (χ4v) is 1.41. The molecule has 1 aromatic carbocycles. The van der Waals surface area contributed by atoms with Gasteiger partial charge in [0, 0.05) is 11.1 Å². The van der Waals surface area contributed by atoms with Gasteiger partial charge in [-0.15, -0.1) is 0 Å². The highest BCUT2D eigenvalue weighted by atomic mass is 16.3. The van der Waals surface area contributed by atoms with Crippen molar-refractivity contribution >= 4 is 12.6 Å². The highest BCUT2D eigenvalue weighted by Crippen LogP contribution is 2.33. The Morgan fingerprint density at radius 2 is 1.73 bits per heavy atom. The molecule has 0 heterocycles. The molecular weight excluding hydrogens is 192 g/mol. The zero-order valence-electron chi connectivity index (χ0n) is 9.07. The van der Waals surface area contributed by atoms with Gasteiger partial charge < -0.3 is 5.11 Å². The molecule has 0 bridgehead atoms. The van der Waals surface area contributed by atoms with E-state index in [2.05, 4.69) is 0 Å². The minimum atomic E-state index is -0.305. The molecule has 0 unspecified atom stereocenters. The zero-order chi connectivity index (χ0) is 11.6. The molecule has 0 fully saturated rings. The number of aldehydes is 2. The quantitative estimate of drug-likeness (QED) is 0.755. The smallest absolute Gasteiger partial charge is 0.153 e. The Hall–Kier alpha value is -1.64. The molecule has 0 aliphatic heterocycles. The van der Waals surface area contributed by atoms with Crippen LogP contribution in [0.3, 0.4) is 0 Å². The van der Waals surface area contributed by atoms with E-state index in [0.717, 1.165) is 0 Å². The third-order valence-corrected chi connectivity index (χ3v) is 2.23. The molecule has 0 saturated heterocycles. The Bertz CT molecular complexity index is 400. The van der Waals surface area contributed by atoms with Gasteiger partial charge in [-0.3, -0.25) is 9.59 Å². The Morgan fingerprint density at radius 1 is 1.13 bits per heavy atom. The van der Waals surface area contributed by atoms with Gasteiger partial charge in [-0.2, -0.15) is 0 Å². The van der Waals surface area contributed by atoms with Crippen molar-refractivity contribution in [2.75, 3.05) is 0 Å². The summed E-state index contributed by atoms with van der Waals surface area (Å²) < 4.78 is 0. The molecule has 0 aliphatic carbocycles. The highest BCUT2D eigenvalue weighted by molar-refractivity contribution is 5.86. The maximum atomic E-state index is 10.7. The standard InChI is InChI=1S/C12H14O3/c1-12(2,3)10-5-8(6-13)4-9(7-14)11(10)15/h4-7,15H,1-3H3. The van der Waals surface area contributed by atoms with Gasteiger partial charge in [-0.25, -0.2) is 0 Å². The molecule has 0 spiro atoms. The van der Waals surface area contributed by atoms with Crippen molar-refractivity contribution < 1.29 is 14.7 Å². The summed E-state index contributed by atoms with van der Waals surface area (Å²) in [5.74, 6) is -0.0388. The van der Waals surface area contributed by atoms with E-state index in [1.54, 1.807) is 6.07 Å². The summed E-state index contributed by atoms with van der Waals surface area (Å²) in [6, 6.07) is 2.99. The van der Waals surface area contributed by atoms with Crippen LogP contribution in [-0.2, 0) is 5.41 Å². The van der Waals surface area contributed by atoms with Crippen LogP contribution in [0.2, 0.25) is 0 Å². The van der Waals surface area contributed by atoms with Crippen molar-refractivity contribution in [3.63, 3.8) is 0 Å². The van der Waals surface area contributed by atoms with Crippen molar-refractivity contribution in [2.45, 2.75) is 26.2 Å². The second-order valence-electron chi connectivity index (χ2n) is 4.49. The van der Waals surface area contributed by atoms with Gasteiger partial charge in [0.05, 0.1) is 5.56 Å². The lowest BCUT2D eigenvalue weighted by atomic mass is 9.84. The average molecular weight is 206 g/mol. The minimum Gasteiger partial charge on any atom is -0.507 e. The number of phenols is 1. The summed E-state index contributed by atoms with van der Waals surface area (Å²) in [5.41, 5.74) is 0.861. The van der Waals surface area contributed by atoms with Gasteiger partial charge in [0.2, 0.25) is 0 Å². The first-order chi connectivity index (χ1) is 6.90. The van der Waals surface area contributed by atoms with Gasteiger partial charge in [0.1, 0.15) is 12.0 Å². The van der Waals surface area contributed by atoms with E-state index in [9.17, 15) is 14.7 Å². The second-order valence-corrected chi connectivity index (χ2v) is 4.49. The third kappa shape index (κ3) is 2.24. The van der Waals surface area contributed by atoms with E-state index >= 15 is 0 Å². The number of rotatable bonds is 2. The van der Waals surface area contributed by atoms with Gasteiger partial charge in [0.25, 0.3) is 0 Å². The summed E-state index contributed by atoms with van der Waals surface area (Å²) in [6.07, 6.45) is 1.22. The summed E-state index contributed by atoms with van der Waals surface area (Å²) in [6.45, 7) is 5.72. The molecule has 80 valence electrons. The molecule has 3 nitrogen and oxygen atoms in total. The number of hydrogen-bond donors (Lipinski definition) is 1. The SMILES string of the molecule is CC(C)(C)c1cc(C=O)cc(C=O)c1O. The largest absolute Gasteiger partial charge is 0.507 e. The predicted octanol–water partition coefficient (Wildman–Crippen LogP) is 2.31. The van der Waals surface area contributed by atoms with Crippen molar-refractivity contribution in [1.29, 1.82) is 0 Å². The van der Waals surface area contributed by atoms with E-state index in [1.807, 2.05) is 20.8 Å². The molecule has 3 heteroatoms. The van der Waals surface area contributed by atoms with Crippen molar-refractivity contribution in [1.82, 2.24) is 0 Å². The number of aromatic hydroxyl groups is 1. The third-order valence-electron chi connectivity index (χ3n) is 2.23. The van der Waals surface area contributed by atoms with Crippen molar-refractivity contribution in [3.8, 4) is 5.75 Å². The lowest BCUT2D eigenvalue weighted by Crippen LogP contribution is -2.12. The number of hydrogen-bond acceptors (Lipinski definition) is 3. The Kier molecular flexibility index (Phi) is 2.93. The second kappa shape index (κ2) is 3.85. The molecule has 0 saturated carbocycles. The van der Waals surface area contributed by atoms with Gasteiger partial charge >= 0.3 is 0 Å². The Morgan fingerprint density at radius 3 is 2.13 bits per heavy atom. The van der Waals surface area contributed by atoms with Crippen LogP contribution in [0.15, 0.2) is 12.1 Å². The molecule has 0 aliphatic rings. The molecule has 15 heavy (non-hydrogen) atoms. The topological polar surface area (TPSA) is 54.4 Å². The molecule has 0 radical (unpaired) electrons. The average Bonchev–Trinajstić information content (AvgIpc) is 2.16. The lowest BCUT2D eigenvalue weighted by Gasteiger charge is -2.21. The van der Waals surface area contributed by atoms with Crippen LogP contribution >= 0.6 is 0 Å². The maximum absolute atomic E-state index is 10.7. The fraction of sp³-hybridized carbons (Fsp3) is 0.333. The molecule has 1 N–H and O–H groups in total. The lowest BCUT2D eigenvalue weighted by molar-refractivity contribution is 0.112. The summed E-state index contributed by atoms with van der Waals surface area (Å²) in [4.78, 5) is 21.4. The highest BCUT2D eigenvalue weighted by Gasteiger charge is 2.20. The van der Waals surface area contributed by atoms with Crippen molar-refractivity contribution in [3.05, 3.63) is 28.8 Å². The predicted molar refractivity (Wildman–Crippen MR) is 57.6 cm³/mol. The fourth-order valence-electron chi connectivity index (χ4n) is 1.41. The van der Waals surface area contributed by atoms with Gasteiger partial charge in [0.15, 0.2) is 6.29 Å². The molecule has 1 rings (SSSR count). The summed E-state index contributed by atoms with van der Waals surface area (Å²) >= 11 is 0. The number of benzene rings is 1. The van der Waals surface area contributed by atoms with Crippen LogP contribution in [0.5, 0.6) is 5.75 Å². The van der Waals surface area contributed by atoms with Crippen LogP contribution in [-0.4, -0.2) is 17.7 Å². The summed E-state index contributed by atoms with van der Waals surface area (Å²) in [5, 5.41) is 9.80. The van der Waals surface area contributed by atoms with E-state index < -0.39 is 0 Å². The van der Waals surface area contributed by atoms with Crippen LogP contribution < -0.4 is 0 Å². The molecule has 1 aromatic rings. The number of carbonyl (C=O) groups excluding carboxylic acids is 2. The first-order valence-electron chi connectivity index (χ1n) is 4.68. The molecule has 0 amide bonds. The minimum absolute atomic E-state index is 0.0388. The normalized spacial score (nSPS) is 11.1. The number of phenolic OH excluding ortho intramolecular Hbond substituents is 1. The van der Waals surface area contributed by atoms with E-state index in [0.29, 0.717) is 23.7 Å². The van der Waals surface area contributed by atoms with E-state index in [-0.39, 0.29) is 16.7 Å². The zero-order valence-corrected chi connectivity index (χ0v) is 9.07. The maximum Gasteiger partial charge on any atom is 0.153 e. The van der Waals surface area contributed by atoms with Crippen LogP contribution in [0.25, 0.3) is 0 Å². The molecular formula is C12H14O3. The van der Waals surface area contributed by atoms with E-state index in [1.165, 1.54) is 6.07 Å². The van der Waals surface area contributed by atoms with Crippen LogP contribution in [0.1, 0.15) is 47.1 Å². The summed E-state index contributed by atoms with van der Waals surface area (Å²) in [7, 11) is 0.